The normalized spacial score (nSPS) is 14.1. The first-order valence-electron chi connectivity index (χ1n) is 8.71. The molecule has 0 aliphatic heterocycles. The summed E-state index contributed by atoms with van der Waals surface area (Å²) < 4.78 is 0. The van der Waals surface area contributed by atoms with E-state index in [1.165, 1.54) is 5.56 Å². The van der Waals surface area contributed by atoms with E-state index in [9.17, 15) is 0 Å². The Morgan fingerprint density at radius 1 is 1.04 bits per heavy atom. The molecule has 6 nitrogen and oxygen atoms in total. The molecule has 0 bridgehead atoms. The fourth-order valence-corrected chi connectivity index (χ4v) is 2.71. The number of guanidine groups is 1. The molecule has 2 aromatic rings. The molecule has 3 N–H and O–H groups in total. The zero-order valence-electron chi connectivity index (χ0n) is 15.6. The lowest BCUT2D eigenvalue weighted by Crippen LogP contribution is -2.39. The molecular formula is C19H24N6S. The summed E-state index contributed by atoms with van der Waals surface area (Å²) in [6, 6.07) is 8.49. The lowest BCUT2D eigenvalue weighted by atomic mass is 10.1. The summed E-state index contributed by atoms with van der Waals surface area (Å²) >= 11 is 5.47. The molecule has 7 heteroatoms. The van der Waals surface area contributed by atoms with E-state index in [0.717, 1.165) is 35.5 Å². The predicted molar refractivity (Wildman–Crippen MR) is 111 cm³/mol. The van der Waals surface area contributed by atoms with Gasteiger partial charge in [-0.1, -0.05) is 12.1 Å². The highest BCUT2D eigenvalue weighted by Gasteiger charge is 2.22. The maximum Gasteiger partial charge on any atom is 0.229 e. The monoisotopic (exact) mass is 368 g/mol. The number of hydrogen-bond donors (Lipinski definition) is 3. The number of benzene rings is 1. The topological polar surface area (TPSA) is 74.2 Å². The SMILES string of the molecule is Cc1ccc(C)c(NC(=S)NC(=NC2CC2)Nc2nc(C)cc(C)n2)c1. The molecule has 0 atom stereocenters. The van der Waals surface area contributed by atoms with E-state index < -0.39 is 0 Å². The van der Waals surface area contributed by atoms with Crippen LogP contribution in [0.1, 0.15) is 35.4 Å². The summed E-state index contributed by atoms with van der Waals surface area (Å²) in [4.78, 5) is 13.5. The summed E-state index contributed by atoms with van der Waals surface area (Å²) in [6.45, 7) is 7.99. The molecule has 1 aliphatic rings. The van der Waals surface area contributed by atoms with Gasteiger partial charge >= 0.3 is 0 Å². The Morgan fingerprint density at radius 3 is 2.38 bits per heavy atom. The van der Waals surface area contributed by atoms with Crippen LogP contribution in [-0.2, 0) is 0 Å². The first kappa shape index (κ1) is 18.3. The largest absolute Gasteiger partial charge is 0.332 e. The minimum absolute atomic E-state index is 0.333. The third-order valence-electron chi connectivity index (χ3n) is 3.94. The average molecular weight is 369 g/mol. The van der Waals surface area contributed by atoms with Gasteiger partial charge in [-0.25, -0.2) is 15.0 Å². The van der Waals surface area contributed by atoms with Crippen LogP contribution in [0, 0.1) is 27.7 Å². The quantitative estimate of drug-likeness (QED) is 0.436. The highest BCUT2D eigenvalue weighted by Crippen LogP contribution is 2.23. The van der Waals surface area contributed by atoms with Crippen LogP contribution in [0.15, 0.2) is 29.3 Å². The second kappa shape index (κ2) is 7.78. The second-order valence-corrected chi connectivity index (χ2v) is 7.11. The summed E-state index contributed by atoms with van der Waals surface area (Å²) in [5.74, 6) is 1.09. The van der Waals surface area contributed by atoms with Crippen molar-refractivity contribution < 1.29 is 0 Å². The summed E-state index contributed by atoms with van der Waals surface area (Å²) in [5.41, 5.74) is 5.10. The summed E-state index contributed by atoms with van der Waals surface area (Å²) in [6.07, 6.45) is 2.19. The minimum atomic E-state index is 0.333. The van der Waals surface area contributed by atoms with Crippen LogP contribution in [-0.4, -0.2) is 27.1 Å². The number of anilines is 2. The molecule has 1 aliphatic carbocycles. The average Bonchev–Trinajstić information content (AvgIpc) is 3.33. The zero-order chi connectivity index (χ0) is 18.7. The summed E-state index contributed by atoms with van der Waals surface area (Å²) in [5, 5.41) is 10.0. The zero-order valence-corrected chi connectivity index (χ0v) is 16.4. The first-order chi connectivity index (χ1) is 12.4. The predicted octanol–water partition coefficient (Wildman–Crippen LogP) is 3.63. The molecule has 0 spiro atoms. The Morgan fingerprint density at radius 2 is 1.73 bits per heavy atom. The summed E-state index contributed by atoms with van der Waals surface area (Å²) in [7, 11) is 0. The van der Waals surface area contributed by atoms with Gasteiger partial charge in [-0.3, -0.25) is 5.32 Å². The molecule has 136 valence electrons. The van der Waals surface area contributed by atoms with E-state index in [-0.39, 0.29) is 0 Å². The number of rotatable bonds is 3. The number of aliphatic imine (C=N–C) groups is 1. The van der Waals surface area contributed by atoms with Gasteiger partial charge in [0, 0.05) is 17.1 Å². The Balaban J connectivity index is 1.72. The number of aryl methyl sites for hydroxylation is 4. The van der Waals surface area contributed by atoms with Gasteiger partial charge in [0.05, 0.1) is 6.04 Å². The van der Waals surface area contributed by atoms with Crippen LogP contribution in [0.3, 0.4) is 0 Å². The molecule has 1 heterocycles. The van der Waals surface area contributed by atoms with Crippen molar-refractivity contribution in [2.45, 2.75) is 46.6 Å². The fraction of sp³-hybridized carbons (Fsp3) is 0.368. The lowest BCUT2D eigenvalue weighted by molar-refractivity contribution is 1.02. The van der Waals surface area contributed by atoms with Gasteiger partial charge in [-0.15, -0.1) is 0 Å². The van der Waals surface area contributed by atoms with Crippen molar-refractivity contribution >= 4 is 34.9 Å². The molecular weight excluding hydrogens is 344 g/mol. The van der Waals surface area contributed by atoms with Crippen molar-refractivity contribution in [3.05, 3.63) is 46.8 Å². The van der Waals surface area contributed by atoms with Gasteiger partial charge in [0.2, 0.25) is 11.9 Å². The van der Waals surface area contributed by atoms with Crippen molar-refractivity contribution in [1.82, 2.24) is 15.3 Å². The van der Waals surface area contributed by atoms with Gasteiger partial charge in [0.15, 0.2) is 5.11 Å². The number of aromatic nitrogens is 2. The smallest absolute Gasteiger partial charge is 0.229 e. The Bertz CT molecular complexity index is 837. The molecule has 0 unspecified atom stereocenters. The third kappa shape index (κ3) is 5.23. The Labute approximate surface area is 159 Å². The molecule has 0 amide bonds. The van der Waals surface area contributed by atoms with Gasteiger partial charge < -0.3 is 10.6 Å². The maximum absolute atomic E-state index is 5.47. The number of thiocarbonyl (C=S) groups is 1. The molecule has 0 saturated heterocycles. The highest BCUT2D eigenvalue weighted by atomic mass is 32.1. The third-order valence-corrected chi connectivity index (χ3v) is 4.15. The van der Waals surface area contributed by atoms with Crippen LogP contribution in [0.25, 0.3) is 0 Å². The molecule has 1 fully saturated rings. The van der Waals surface area contributed by atoms with E-state index in [2.05, 4.69) is 56.0 Å². The van der Waals surface area contributed by atoms with E-state index in [0.29, 0.717) is 23.1 Å². The molecule has 3 rings (SSSR count). The van der Waals surface area contributed by atoms with Crippen molar-refractivity contribution in [1.29, 1.82) is 0 Å². The Hall–Kier alpha value is -2.54. The second-order valence-electron chi connectivity index (χ2n) is 6.71. The van der Waals surface area contributed by atoms with E-state index in [1.54, 1.807) is 0 Å². The van der Waals surface area contributed by atoms with Crippen LogP contribution >= 0.6 is 12.2 Å². The Kier molecular flexibility index (Phi) is 5.46. The van der Waals surface area contributed by atoms with E-state index >= 15 is 0 Å². The number of hydrogen-bond acceptors (Lipinski definition) is 4. The number of nitrogens with one attached hydrogen (secondary N) is 3. The van der Waals surface area contributed by atoms with Crippen LogP contribution in [0.2, 0.25) is 0 Å². The van der Waals surface area contributed by atoms with Crippen LogP contribution < -0.4 is 16.0 Å². The van der Waals surface area contributed by atoms with Gasteiger partial charge in [0.25, 0.3) is 0 Å². The lowest BCUT2D eigenvalue weighted by Gasteiger charge is -2.15. The van der Waals surface area contributed by atoms with E-state index in [4.69, 9.17) is 12.2 Å². The molecule has 1 saturated carbocycles. The highest BCUT2D eigenvalue weighted by molar-refractivity contribution is 7.80. The first-order valence-corrected chi connectivity index (χ1v) is 9.12. The van der Waals surface area contributed by atoms with Gasteiger partial charge in [-0.2, -0.15) is 0 Å². The van der Waals surface area contributed by atoms with Crippen LogP contribution in [0.4, 0.5) is 11.6 Å². The molecule has 0 radical (unpaired) electrons. The van der Waals surface area contributed by atoms with Crippen LogP contribution in [0.5, 0.6) is 0 Å². The molecule has 26 heavy (non-hydrogen) atoms. The van der Waals surface area contributed by atoms with E-state index in [1.807, 2.05) is 26.8 Å². The maximum atomic E-state index is 5.47. The number of nitrogens with zero attached hydrogens (tertiary/aromatic N) is 3. The van der Waals surface area contributed by atoms with Crippen molar-refractivity contribution in [3.63, 3.8) is 0 Å². The fourth-order valence-electron chi connectivity index (χ4n) is 2.50. The van der Waals surface area contributed by atoms with Gasteiger partial charge in [0.1, 0.15) is 0 Å². The standard InChI is InChI=1S/C19H24N6S/c1-11-5-6-12(2)16(9-11)23-19(26)25-18(22-15-7-8-15)24-17-20-13(3)10-14(4)21-17/h5-6,9-10,15H,7-8H2,1-4H3,(H3,20,21,22,23,24,25,26). The van der Waals surface area contributed by atoms with Crippen molar-refractivity contribution in [2.75, 3.05) is 10.6 Å². The molecule has 1 aromatic heterocycles. The minimum Gasteiger partial charge on any atom is -0.332 e. The van der Waals surface area contributed by atoms with Crippen molar-refractivity contribution in [2.24, 2.45) is 4.99 Å². The molecule has 1 aromatic carbocycles. The van der Waals surface area contributed by atoms with Gasteiger partial charge in [-0.05, 0) is 76.0 Å². The van der Waals surface area contributed by atoms with Crippen molar-refractivity contribution in [3.8, 4) is 0 Å².